The van der Waals surface area contributed by atoms with E-state index in [1.807, 2.05) is 6.07 Å². The number of fused-ring (bicyclic) bond motifs is 1. The highest BCUT2D eigenvalue weighted by Crippen LogP contribution is 2.37. The van der Waals surface area contributed by atoms with E-state index in [0.717, 1.165) is 35.4 Å². The fourth-order valence-electron chi connectivity index (χ4n) is 5.20. The molecule has 0 spiro atoms. The predicted octanol–water partition coefficient (Wildman–Crippen LogP) is 4.47. The SMILES string of the molecule is COc1cc2c(cc1OC)[C@@H](c1cccc(Cl)c1)[NH+](C1CCC(C)CC1)CC2. The van der Waals surface area contributed by atoms with Crippen molar-refractivity contribution in [3.8, 4) is 11.5 Å². The maximum Gasteiger partial charge on any atom is 0.161 e. The molecule has 1 saturated carbocycles. The molecule has 2 atom stereocenters. The summed E-state index contributed by atoms with van der Waals surface area (Å²) in [6, 6.07) is 13.8. The lowest BCUT2D eigenvalue weighted by molar-refractivity contribution is -0.953. The van der Waals surface area contributed by atoms with Gasteiger partial charge in [0.15, 0.2) is 11.5 Å². The van der Waals surface area contributed by atoms with Gasteiger partial charge in [0.2, 0.25) is 0 Å². The number of methoxy groups -OCH3 is 2. The van der Waals surface area contributed by atoms with Gasteiger partial charge in [-0.1, -0.05) is 30.7 Å². The van der Waals surface area contributed by atoms with Crippen molar-refractivity contribution in [3.05, 3.63) is 58.1 Å². The normalized spacial score (nSPS) is 27.1. The number of halogens is 1. The first-order chi connectivity index (χ1) is 13.6. The Bertz CT molecular complexity index is 829. The molecule has 0 saturated heterocycles. The van der Waals surface area contributed by atoms with Crippen LogP contribution in [-0.4, -0.2) is 26.8 Å². The van der Waals surface area contributed by atoms with E-state index in [4.69, 9.17) is 21.1 Å². The third-order valence-corrected chi connectivity index (χ3v) is 6.97. The molecule has 1 N–H and O–H groups in total. The smallest absolute Gasteiger partial charge is 0.161 e. The van der Waals surface area contributed by atoms with Crippen molar-refractivity contribution in [2.24, 2.45) is 5.92 Å². The van der Waals surface area contributed by atoms with E-state index < -0.39 is 0 Å². The van der Waals surface area contributed by atoms with Crippen molar-refractivity contribution in [1.82, 2.24) is 0 Å². The molecule has 0 amide bonds. The lowest BCUT2D eigenvalue weighted by Gasteiger charge is -2.42. The quantitative estimate of drug-likeness (QED) is 0.818. The topological polar surface area (TPSA) is 22.9 Å². The molecule has 1 heterocycles. The Morgan fingerprint density at radius 3 is 2.36 bits per heavy atom. The molecular weight excluding hydrogens is 370 g/mol. The van der Waals surface area contributed by atoms with Gasteiger partial charge in [0, 0.05) is 22.6 Å². The van der Waals surface area contributed by atoms with Crippen molar-refractivity contribution < 1.29 is 14.4 Å². The first-order valence-electron chi connectivity index (χ1n) is 10.5. The molecule has 2 aromatic carbocycles. The van der Waals surface area contributed by atoms with Gasteiger partial charge in [-0.3, -0.25) is 0 Å². The van der Waals surface area contributed by atoms with Crippen molar-refractivity contribution in [3.63, 3.8) is 0 Å². The number of quaternary nitrogens is 1. The highest BCUT2D eigenvalue weighted by molar-refractivity contribution is 6.30. The van der Waals surface area contributed by atoms with E-state index in [1.54, 1.807) is 19.1 Å². The first kappa shape index (κ1) is 19.6. The predicted molar refractivity (Wildman–Crippen MR) is 114 cm³/mol. The van der Waals surface area contributed by atoms with E-state index in [9.17, 15) is 0 Å². The first-order valence-corrected chi connectivity index (χ1v) is 10.8. The summed E-state index contributed by atoms with van der Waals surface area (Å²) in [5.41, 5.74) is 4.03. The van der Waals surface area contributed by atoms with Crippen molar-refractivity contribution in [2.75, 3.05) is 20.8 Å². The third-order valence-electron chi connectivity index (χ3n) is 6.73. The summed E-state index contributed by atoms with van der Waals surface area (Å²) in [6.45, 7) is 3.54. The molecule has 3 nitrogen and oxygen atoms in total. The lowest BCUT2D eigenvalue weighted by Crippen LogP contribution is -3.17. The van der Waals surface area contributed by atoms with Crippen LogP contribution in [0.3, 0.4) is 0 Å². The average molecular weight is 401 g/mol. The molecule has 0 bridgehead atoms. The number of hydrogen-bond acceptors (Lipinski definition) is 2. The number of hydrogen-bond donors (Lipinski definition) is 1. The van der Waals surface area contributed by atoms with Gasteiger partial charge in [-0.15, -0.1) is 0 Å². The molecule has 150 valence electrons. The zero-order valence-corrected chi connectivity index (χ0v) is 17.9. The van der Waals surface area contributed by atoms with Crippen LogP contribution in [0.2, 0.25) is 5.02 Å². The molecule has 1 aliphatic carbocycles. The van der Waals surface area contributed by atoms with Crippen LogP contribution in [0, 0.1) is 5.92 Å². The Labute approximate surface area is 173 Å². The Balaban J connectivity index is 1.79. The summed E-state index contributed by atoms with van der Waals surface area (Å²) < 4.78 is 11.2. The standard InChI is InChI=1S/C24H30ClNO2/c1-16-7-9-20(10-8-16)26-12-11-17-14-22(27-2)23(28-3)15-21(17)24(26)18-5-4-6-19(25)13-18/h4-6,13-16,20,24H,7-12H2,1-3H3/p+1/t16?,20?,24-/m1/s1. The summed E-state index contributed by atoms with van der Waals surface area (Å²) in [5.74, 6) is 2.49. The molecule has 0 aromatic heterocycles. The minimum absolute atomic E-state index is 0.292. The minimum Gasteiger partial charge on any atom is -0.493 e. The van der Waals surface area contributed by atoms with Gasteiger partial charge in [0.1, 0.15) is 6.04 Å². The van der Waals surface area contributed by atoms with E-state index in [2.05, 4.69) is 37.3 Å². The van der Waals surface area contributed by atoms with Gasteiger partial charge >= 0.3 is 0 Å². The summed E-state index contributed by atoms with van der Waals surface area (Å²) in [4.78, 5) is 1.69. The van der Waals surface area contributed by atoms with Gasteiger partial charge < -0.3 is 14.4 Å². The second-order valence-corrected chi connectivity index (χ2v) is 8.86. The fourth-order valence-corrected chi connectivity index (χ4v) is 5.39. The Morgan fingerprint density at radius 2 is 1.68 bits per heavy atom. The fraction of sp³-hybridized carbons (Fsp3) is 0.500. The summed E-state index contributed by atoms with van der Waals surface area (Å²) in [6.07, 6.45) is 6.39. The molecule has 1 unspecified atom stereocenters. The molecule has 2 aromatic rings. The summed E-state index contributed by atoms with van der Waals surface area (Å²) >= 11 is 6.40. The molecule has 1 fully saturated rings. The van der Waals surface area contributed by atoms with Crippen LogP contribution in [-0.2, 0) is 6.42 Å². The highest BCUT2D eigenvalue weighted by atomic mass is 35.5. The largest absolute Gasteiger partial charge is 0.493 e. The Hall–Kier alpha value is -1.71. The second kappa shape index (κ2) is 8.34. The van der Waals surface area contributed by atoms with Crippen molar-refractivity contribution in [2.45, 2.75) is 51.1 Å². The Morgan fingerprint density at radius 1 is 0.964 bits per heavy atom. The summed E-state index contributed by atoms with van der Waals surface area (Å²) in [5, 5.41) is 0.807. The van der Waals surface area contributed by atoms with Crippen LogP contribution in [0.25, 0.3) is 0 Å². The third kappa shape index (κ3) is 3.75. The molecule has 4 heteroatoms. The van der Waals surface area contributed by atoms with Crippen LogP contribution in [0.4, 0.5) is 0 Å². The van der Waals surface area contributed by atoms with Gasteiger partial charge in [-0.2, -0.15) is 0 Å². The molecule has 1 aliphatic heterocycles. The van der Waals surface area contributed by atoms with Crippen LogP contribution >= 0.6 is 11.6 Å². The van der Waals surface area contributed by atoms with Crippen molar-refractivity contribution >= 4 is 11.6 Å². The van der Waals surface area contributed by atoms with Crippen LogP contribution in [0.1, 0.15) is 55.3 Å². The van der Waals surface area contributed by atoms with E-state index in [1.165, 1.54) is 42.4 Å². The minimum atomic E-state index is 0.292. The van der Waals surface area contributed by atoms with Gasteiger partial charge in [-0.25, -0.2) is 0 Å². The van der Waals surface area contributed by atoms with E-state index in [-0.39, 0.29) is 0 Å². The average Bonchev–Trinajstić information content (AvgIpc) is 2.72. The maximum absolute atomic E-state index is 6.40. The number of benzene rings is 2. The lowest BCUT2D eigenvalue weighted by atomic mass is 9.81. The number of nitrogens with one attached hydrogen (secondary N) is 1. The molecule has 4 rings (SSSR count). The highest BCUT2D eigenvalue weighted by Gasteiger charge is 2.39. The molecule has 28 heavy (non-hydrogen) atoms. The zero-order valence-electron chi connectivity index (χ0n) is 17.1. The van der Waals surface area contributed by atoms with Gasteiger partial charge in [-0.05, 0) is 61.4 Å². The van der Waals surface area contributed by atoms with Crippen molar-refractivity contribution in [1.29, 1.82) is 0 Å². The monoisotopic (exact) mass is 400 g/mol. The number of rotatable bonds is 4. The molecule has 2 aliphatic rings. The maximum atomic E-state index is 6.40. The molecule has 0 radical (unpaired) electrons. The van der Waals surface area contributed by atoms with E-state index >= 15 is 0 Å². The van der Waals surface area contributed by atoms with Gasteiger partial charge in [0.25, 0.3) is 0 Å². The van der Waals surface area contributed by atoms with Crippen LogP contribution in [0.15, 0.2) is 36.4 Å². The molecular formula is C24H31ClNO2+. The second-order valence-electron chi connectivity index (χ2n) is 8.43. The number of ether oxygens (including phenoxy) is 2. The zero-order chi connectivity index (χ0) is 19.7. The van der Waals surface area contributed by atoms with Crippen LogP contribution in [0.5, 0.6) is 11.5 Å². The van der Waals surface area contributed by atoms with Gasteiger partial charge in [0.05, 0.1) is 26.8 Å². The summed E-state index contributed by atoms with van der Waals surface area (Å²) in [7, 11) is 3.43. The Kier molecular flexibility index (Phi) is 5.84. The van der Waals surface area contributed by atoms with E-state index in [0.29, 0.717) is 12.1 Å². The van der Waals surface area contributed by atoms with Crippen LogP contribution < -0.4 is 14.4 Å².